The van der Waals surface area contributed by atoms with Crippen molar-refractivity contribution >= 4 is 5.97 Å². The predicted molar refractivity (Wildman–Crippen MR) is 64.5 cm³/mol. The Kier molecular flexibility index (Phi) is 4.33. The van der Waals surface area contributed by atoms with E-state index < -0.39 is 5.97 Å². The summed E-state index contributed by atoms with van der Waals surface area (Å²) in [5.74, 6) is -1.01. The van der Waals surface area contributed by atoms with Gasteiger partial charge in [-0.2, -0.15) is 0 Å². The monoisotopic (exact) mass is 228 g/mol. The van der Waals surface area contributed by atoms with Crippen molar-refractivity contribution in [2.45, 2.75) is 45.8 Å². The standard InChI is InChI=1S/C12H24N2O2/c1-8-6-14(7-9(2)13(8)5)11(4)10(3)12(15)16/h8-11H,6-7H2,1-5H3,(H,15,16). The van der Waals surface area contributed by atoms with Crippen molar-refractivity contribution in [1.29, 1.82) is 0 Å². The third-order valence-corrected chi connectivity index (χ3v) is 4.08. The van der Waals surface area contributed by atoms with Gasteiger partial charge in [-0.25, -0.2) is 0 Å². The van der Waals surface area contributed by atoms with E-state index in [1.807, 2.05) is 6.92 Å². The van der Waals surface area contributed by atoms with Crippen LogP contribution in [0.15, 0.2) is 0 Å². The normalized spacial score (nSPS) is 32.3. The Bertz CT molecular complexity index is 245. The van der Waals surface area contributed by atoms with E-state index >= 15 is 0 Å². The Hall–Kier alpha value is -0.610. The lowest BCUT2D eigenvalue weighted by Gasteiger charge is -2.45. The minimum absolute atomic E-state index is 0.107. The number of rotatable bonds is 3. The van der Waals surface area contributed by atoms with Crippen LogP contribution in [0.1, 0.15) is 27.7 Å². The molecule has 16 heavy (non-hydrogen) atoms. The molecule has 1 fully saturated rings. The zero-order chi connectivity index (χ0) is 12.5. The van der Waals surface area contributed by atoms with Gasteiger partial charge in [-0.3, -0.25) is 14.6 Å². The summed E-state index contributed by atoms with van der Waals surface area (Å²) in [5, 5.41) is 9.03. The first-order valence-corrected chi connectivity index (χ1v) is 6.03. The molecule has 0 aromatic carbocycles. The molecule has 94 valence electrons. The summed E-state index contributed by atoms with van der Waals surface area (Å²) in [6, 6.07) is 1.09. The first kappa shape index (κ1) is 13.5. The summed E-state index contributed by atoms with van der Waals surface area (Å²) in [7, 11) is 2.14. The van der Waals surface area contributed by atoms with Gasteiger partial charge < -0.3 is 5.11 Å². The van der Waals surface area contributed by atoms with Gasteiger partial charge in [0, 0.05) is 31.2 Å². The highest BCUT2D eigenvalue weighted by Crippen LogP contribution is 2.19. The summed E-state index contributed by atoms with van der Waals surface area (Å²) < 4.78 is 0. The van der Waals surface area contributed by atoms with Crippen molar-refractivity contribution in [3.63, 3.8) is 0 Å². The summed E-state index contributed by atoms with van der Waals surface area (Å²) in [6.45, 7) is 10.1. The molecule has 1 saturated heterocycles. The maximum atomic E-state index is 11.0. The van der Waals surface area contributed by atoms with Gasteiger partial charge in [-0.15, -0.1) is 0 Å². The van der Waals surface area contributed by atoms with Gasteiger partial charge in [0.25, 0.3) is 0 Å². The van der Waals surface area contributed by atoms with Crippen LogP contribution in [-0.4, -0.2) is 59.1 Å². The number of likely N-dealkylation sites (N-methyl/N-ethyl adjacent to an activating group) is 1. The molecule has 0 bridgehead atoms. The smallest absolute Gasteiger partial charge is 0.307 e. The van der Waals surface area contributed by atoms with Gasteiger partial charge in [-0.05, 0) is 27.8 Å². The molecule has 1 N–H and O–H groups in total. The van der Waals surface area contributed by atoms with E-state index in [1.165, 1.54) is 0 Å². The Morgan fingerprint density at radius 1 is 1.25 bits per heavy atom. The average molecular weight is 228 g/mol. The van der Waals surface area contributed by atoms with Crippen LogP contribution in [0, 0.1) is 5.92 Å². The molecule has 4 unspecified atom stereocenters. The molecule has 0 amide bonds. The fraction of sp³-hybridized carbons (Fsp3) is 0.917. The first-order chi connectivity index (χ1) is 7.34. The van der Waals surface area contributed by atoms with Crippen LogP contribution in [0.4, 0.5) is 0 Å². The van der Waals surface area contributed by atoms with E-state index in [9.17, 15) is 4.79 Å². The van der Waals surface area contributed by atoms with Gasteiger partial charge in [0.05, 0.1) is 5.92 Å². The second-order valence-corrected chi connectivity index (χ2v) is 5.18. The molecule has 0 saturated carbocycles. The lowest BCUT2D eigenvalue weighted by molar-refractivity contribution is -0.144. The number of hydrogen-bond donors (Lipinski definition) is 1. The van der Waals surface area contributed by atoms with Crippen LogP contribution in [0.3, 0.4) is 0 Å². The number of carboxylic acids is 1. The molecule has 0 aromatic heterocycles. The predicted octanol–water partition coefficient (Wildman–Crippen LogP) is 1.12. The van der Waals surface area contributed by atoms with Crippen molar-refractivity contribution < 1.29 is 9.90 Å². The number of aliphatic carboxylic acids is 1. The zero-order valence-electron chi connectivity index (χ0n) is 11.0. The van der Waals surface area contributed by atoms with Crippen molar-refractivity contribution in [2.24, 2.45) is 5.92 Å². The van der Waals surface area contributed by atoms with Gasteiger partial charge in [0.2, 0.25) is 0 Å². The highest BCUT2D eigenvalue weighted by atomic mass is 16.4. The molecule has 4 heteroatoms. The van der Waals surface area contributed by atoms with Crippen LogP contribution in [0.5, 0.6) is 0 Å². The molecular weight excluding hydrogens is 204 g/mol. The molecule has 1 aliphatic heterocycles. The molecular formula is C12H24N2O2. The van der Waals surface area contributed by atoms with Gasteiger partial charge in [0.1, 0.15) is 0 Å². The van der Waals surface area contributed by atoms with Gasteiger partial charge >= 0.3 is 5.97 Å². The lowest BCUT2D eigenvalue weighted by atomic mass is 9.99. The number of carbonyl (C=O) groups is 1. The number of hydrogen-bond acceptors (Lipinski definition) is 3. The summed E-state index contributed by atoms with van der Waals surface area (Å²) >= 11 is 0. The molecule has 0 aliphatic carbocycles. The molecule has 0 radical (unpaired) electrons. The summed E-state index contributed by atoms with van der Waals surface area (Å²) in [5.41, 5.74) is 0. The fourth-order valence-electron chi connectivity index (χ4n) is 2.30. The van der Waals surface area contributed by atoms with E-state index in [2.05, 4.69) is 30.7 Å². The Labute approximate surface area is 98.2 Å². The van der Waals surface area contributed by atoms with Crippen LogP contribution in [0.2, 0.25) is 0 Å². The van der Waals surface area contributed by atoms with E-state index in [-0.39, 0.29) is 12.0 Å². The second kappa shape index (κ2) is 5.15. The molecule has 1 aliphatic rings. The topological polar surface area (TPSA) is 43.8 Å². The van der Waals surface area contributed by atoms with Crippen molar-refractivity contribution in [2.75, 3.05) is 20.1 Å². The van der Waals surface area contributed by atoms with E-state index in [0.29, 0.717) is 12.1 Å². The second-order valence-electron chi connectivity index (χ2n) is 5.18. The highest BCUT2D eigenvalue weighted by Gasteiger charge is 2.32. The molecule has 0 spiro atoms. The molecule has 4 atom stereocenters. The van der Waals surface area contributed by atoms with Gasteiger partial charge in [-0.1, -0.05) is 6.92 Å². The molecule has 0 aromatic rings. The highest BCUT2D eigenvalue weighted by molar-refractivity contribution is 5.70. The van der Waals surface area contributed by atoms with E-state index in [1.54, 1.807) is 6.92 Å². The maximum absolute atomic E-state index is 11.0. The van der Waals surface area contributed by atoms with Crippen LogP contribution < -0.4 is 0 Å². The van der Waals surface area contributed by atoms with Crippen molar-refractivity contribution in [1.82, 2.24) is 9.80 Å². The number of piperazine rings is 1. The van der Waals surface area contributed by atoms with Crippen LogP contribution >= 0.6 is 0 Å². The number of carboxylic acid groups (broad SMARTS) is 1. The summed E-state index contributed by atoms with van der Waals surface area (Å²) in [6.07, 6.45) is 0. The average Bonchev–Trinajstić information content (AvgIpc) is 2.22. The third-order valence-electron chi connectivity index (χ3n) is 4.08. The minimum atomic E-state index is -0.702. The maximum Gasteiger partial charge on any atom is 0.307 e. The summed E-state index contributed by atoms with van der Waals surface area (Å²) in [4.78, 5) is 15.6. The Morgan fingerprint density at radius 2 is 1.69 bits per heavy atom. The lowest BCUT2D eigenvalue weighted by Crippen LogP contribution is -2.58. The van der Waals surface area contributed by atoms with E-state index in [4.69, 9.17) is 5.11 Å². The fourth-order valence-corrected chi connectivity index (χ4v) is 2.30. The molecule has 4 nitrogen and oxygen atoms in total. The quantitative estimate of drug-likeness (QED) is 0.786. The molecule has 1 rings (SSSR count). The SMILES string of the molecule is CC(C(=O)O)C(C)N1CC(C)N(C)C(C)C1. The number of nitrogens with zero attached hydrogens (tertiary/aromatic N) is 2. The molecule has 1 heterocycles. The van der Waals surface area contributed by atoms with Crippen molar-refractivity contribution in [3.8, 4) is 0 Å². The Morgan fingerprint density at radius 3 is 2.06 bits per heavy atom. The van der Waals surface area contributed by atoms with Crippen molar-refractivity contribution in [3.05, 3.63) is 0 Å². The van der Waals surface area contributed by atoms with Crippen LogP contribution in [-0.2, 0) is 4.79 Å². The Balaban J connectivity index is 2.64. The zero-order valence-corrected chi connectivity index (χ0v) is 11.0. The van der Waals surface area contributed by atoms with Gasteiger partial charge in [0.15, 0.2) is 0 Å². The van der Waals surface area contributed by atoms with Crippen LogP contribution in [0.25, 0.3) is 0 Å². The first-order valence-electron chi connectivity index (χ1n) is 6.03. The third kappa shape index (κ3) is 2.74. The largest absolute Gasteiger partial charge is 0.481 e. The minimum Gasteiger partial charge on any atom is -0.481 e. The van der Waals surface area contributed by atoms with E-state index in [0.717, 1.165) is 13.1 Å².